The largest absolute Gasteiger partial charge is 0.507 e. The van der Waals surface area contributed by atoms with Crippen LogP contribution in [0.2, 0.25) is 5.02 Å². The average molecular weight is 390 g/mol. The fraction of sp³-hybridized carbons (Fsp3) is 0.368. The molecule has 3 aromatic rings. The van der Waals surface area contributed by atoms with Crippen LogP contribution in [-0.4, -0.2) is 50.7 Å². The van der Waals surface area contributed by atoms with Gasteiger partial charge in [-0.3, -0.25) is 0 Å². The highest BCUT2D eigenvalue weighted by atomic mass is 35.5. The summed E-state index contributed by atoms with van der Waals surface area (Å²) >= 11 is 6.00. The predicted molar refractivity (Wildman–Crippen MR) is 105 cm³/mol. The van der Waals surface area contributed by atoms with Crippen LogP contribution in [-0.2, 0) is 7.05 Å². The second-order valence-corrected chi connectivity index (χ2v) is 7.60. The van der Waals surface area contributed by atoms with Gasteiger partial charge in [0.1, 0.15) is 11.6 Å². The number of benzene rings is 1. The van der Waals surface area contributed by atoms with E-state index in [1.165, 1.54) is 12.1 Å². The van der Waals surface area contributed by atoms with E-state index in [4.69, 9.17) is 11.6 Å². The Kier molecular flexibility index (Phi) is 4.44. The van der Waals surface area contributed by atoms with E-state index >= 15 is 0 Å². The third-order valence-electron chi connectivity index (χ3n) is 5.06. The van der Waals surface area contributed by atoms with Crippen molar-refractivity contribution in [3.8, 4) is 17.1 Å². The molecule has 1 atom stereocenters. The number of aromatic hydroxyl groups is 1. The number of aryl methyl sites for hydroxylation is 2. The molecule has 1 aliphatic heterocycles. The van der Waals surface area contributed by atoms with Crippen molar-refractivity contribution in [2.45, 2.75) is 19.4 Å². The molecule has 0 unspecified atom stereocenters. The van der Waals surface area contributed by atoms with Crippen LogP contribution >= 0.6 is 11.6 Å². The molecule has 1 aromatic carbocycles. The summed E-state index contributed by atoms with van der Waals surface area (Å²) < 4.78 is 16.4. The molecular formula is C19H21ClFN5O. The number of hydrogen-bond donors (Lipinski definition) is 2. The van der Waals surface area contributed by atoms with Gasteiger partial charge >= 0.3 is 0 Å². The van der Waals surface area contributed by atoms with Crippen LogP contribution in [0, 0.1) is 12.7 Å². The first kappa shape index (κ1) is 18.0. The standard InChI is InChI=1S/C19H21ClFN5O/c1-10-6-11(20)7-15(27)16(10)19-24-18-14(26(19)3)8-13(21)17(23-18)22-12-4-5-25(2)9-12/h6-8,12,27H,4-5,9H2,1-3H3,(H,22,23)/t12-/m1/s1. The van der Waals surface area contributed by atoms with Crippen molar-refractivity contribution >= 4 is 28.6 Å². The summed E-state index contributed by atoms with van der Waals surface area (Å²) in [6, 6.07) is 4.83. The molecule has 0 saturated carbocycles. The first-order valence-corrected chi connectivity index (χ1v) is 9.19. The Bertz CT molecular complexity index is 1010. The third kappa shape index (κ3) is 3.21. The third-order valence-corrected chi connectivity index (χ3v) is 5.28. The van der Waals surface area contributed by atoms with E-state index in [1.54, 1.807) is 17.7 Å². The van der Waals surface area contributed by atoms with Gasteiger partial charge in [-0.05, 0) is 44.6 Å². The summed E-state index contributed by atoms with van der Waals surface area (Å²) in [4.78, 5) is 11.2. The number of anilines is 1. The minimum atomic E-state index is -0.413. The number of likely N-dealkylation sites (tertiary alicyclic amines) is 1. The lowest BCUT2D eigenvalue weighted by Gasteiger charge is -2.14. The number of aromatic nitrogens is 3. The first-order valence-electron chi connectivity index (χ1n) is 8.81. The summed E-state index contributed by atoms with van der Waals surface area (Å²) in [5.74, 6) is 0.348. The topological polar surface area (TPSA) is 66.2 Å². The lowest BCUT2D eigenvalue weighted by Crippen LogP contribution is -2.24. The molecule has 2 N–H and O–H groups in total. The molecule has 0 radical (unpaired) electrons. The average Bonchev–Trinajstić information content (AvgIpc) is 3.12. The summed E-state index contributed by atoms with van der Waals surface area (Å²) in [5, 5.41) is 14.0. The van der Waals surface area contributed by atoms with Crippen molar-refractivity contribution in [3.05, 3.63) is 34.6 Å². The highest BCUT2D eigenvalue weighted by Gasteiger charge is 2.23. The van der Waals surface area contributed by atoms with Gasteiger partial charge in [0.25, 0.3) is 0 Å². The maximum atomic E-state index is 14.6. The Balaban J connectivity index is 1.78. The van der Waals surface area contributed by atoms with Crippen LogP contribution < -0.4 is 5.32 Å². The number of phenolic OH excluding ortho intramolecular Hbond substituents is 1. The zero-order valence-corrected chi connectivity index (χ0v) is 16.2. The fourth-order valence-corrected chi connectivity index (χ4v) is 3.94. The monoisotopic (exact) mass is 389 g/mol. The molecule has 6 nitrogen and oxygen atoms in total. The van der Waals surface area contributed by atoms with Crippen molar-refractivity contribution in [1.29, 1.82) is 0 Å². The Hall–Kier alpha value is -2.38. The van der Waals surface area contributed by atoms with E-state index in [0.29, 0.717) is 27.6 Å². The summed E-state index contributed by atoms with van der Waals surface area (Å²) in [6.45, 7) is 3.67. The van der Waals surface area contributed by atoms with E-state index in [0.717, 1.165) is 25.1 Å². The van der Waals surface area contributed by atoms with E-state index in [1.807, 2.05) is 14.0 Å². The number of halogens is 2. The van der Waals surface area contributed by atoms with Crippen LogP contribution in [0.4, 0.5) is 10.2 Å². The summed E-state index contributed by atoms with van der Waals surface area (Å²) in [5.41, 5.74) is 2.33. The molecule has 1 fully saturated rings. The number of nitrogens with zero attached hydrogens (tertiary/aromatic N) is 4. The maximum absolute atomic E-state index is 14.6. The number of pyridine rings is 1. The SMILES string of the molecule is Cc1cc(Cl)cc(O)c1-c1nc2nc(N[C@@H]3CCN(C)C3)c(F)cc2n1C. The Morgan fingerprint density at radius 3 is 2.70 bits per heavy atom. The van der Waals surface area contributed by atoms with Gasteiger partial charge in [-0.15, -0.1) is 0 Å². The molecule has 1 saturated heterocycles. The first-order chi connectivity index (χ1) is 12.8. The number of imidazole rings is 1. The molecule has 0 aliphatic carbocycles. The molecule has 1 aliphatic rings. The van der Waals surface area contributed by atoms with Crippen LogP contribution in [0.1, 0.15) is 12.0 Å². The summed E-state index contributed by atoms with van der Waals surface area (Å²) in [7, 11) is 3.82. The Morgan fingerprint density at radius 1 is 1.26 bits per heavy atom. The van der Waals surface area contributed by atoms with Crippen molar-refractivity contribution in [3.63, 3.8) is 0 Å². The van der Waals surface area contributed by atoms with E-state index in [9.17, 15) is 9.50 Å². The zero-order chi connectivity index (χ0) is 19.3. The molecule has 0 bridgehead atoms. The molecule has 3 heterocycles. The molecule has 4 rings (SSSR count). The molecule has 27 heavy (non-hydrogen) atoms. The van der Waals surface area contributed by atoms with Crippen molar-refractivity contribution in [1.82, 2.24) is 19.4 Å². The molecule has 142 valence electrons. The van der Waals surface area contributed by atoms with Crippen LogP contribution in [0.25, 0.3) is 22.6 Å². The van der Waals surface area contributed by atoms with Gasteiger partial charge in [0.15, 0.2) is 17.3 Å². The predicted octanol–water partition coefficient (Wildman–Crippen LogP) is 3.56. The molecule has 2 aromatic heterocycles. The molecular weight excluding hydrogens is 369 g/mol. The quantitative estimate of drug-likeness (QED) is 0.717. The minimum absolute atomic E-state index is 0.0335. The zero-order valence-electron chi connectivity index (χ0n) is 15.4. The summed E-state index contributed by atoms with van der Waals surface area (Å²) in [6.07, 6.45) is 0.945. The van der Waals surface area contributed by atoms with E-state index in [-0.39, 0.29) is 17.6 Å². The second kappa shape index (κ2) is 6.65. The number of likely N-dealkylation sites (N-methyl/N-ethyl adjacent to an activating group) is 1. The smallest absolute Gasteiger partial charge is 0.180 e. The minimum Gasteiger partial charge on any atom is -0.507 e. The number of phenols is 1. The molecule has 0 spiro atoms. The van der Waals surface area contributed by atoms with Gasteiger partial charge in [-0.25, -0.2) is 14.4 Å². The van der Waals surface area contributed by atoms with Gasteiger partial charge in [0.2, 0.25) is 0 Å². The Labute approximate surface area is 161 Å². The van der Waals surface area contributed by atoms with Gasteiger partial charge in [-0.2, -0.15) is 0 Å². The fourth-order valence-electron chi connectivity index (χ4n) is 3.68. The van der Waals surface area contributed by atoms with Crippen molar-refractivity contribution in [2.24, 2.45) is 7.05 Å². The number of nitrogens with one attached hydrogen (secondary N) is 1. The van der Waals surface area contributed by atoms with Gasteiger partial charge in [-0.1, -0.05) is 11.6 Å². The maximum Gasteiger partial charge on any atom is 0.180 e. The lowest BCUT2D eigenvalue weighted by molar-refractivity contribution is 0.414. The normalized spacial score (nSPS) is 17.7. The number of rotatable bonds is 3. The number of hydrogen-bond acceptors (Lipinski definition) is 5. The van der Waals surface area contributed by atoms with Gasteiger partial charge in [0.05, 0.1) is 11.1 Å². The van der Waals surface area contributed by atoms with Crippen molar-refractivity contribution < 1.29 is 9.50 Å². The lowest BCUT2D eigenvalue weighted by atomic mass is 10.1. The highest BCUT2D eigenvalue weighted by Crippen LogP contribution is 2.36. The Morgan fingerprint density at radius 2 is 2.04 bits per heavy atom. The number of fused-ring (bicyclic) bond motifs is 1. The van der Waals surface area contributed by atoms with Gasteiger partial charge in [0, 0.05) is 30.7 Å². The van der Waals surface area contributed by atoms with Crippen LogP contribution in [0.3, 0.4) is 0 Å². The highest BCUT2D eigenvalue weighted by molar-refractivity contribution is 6.31. The molecule has 0 amide bonds. The van der Waals surface area contributed by atoms with Crippen LogP contribution in [0.5, 0.6) is 5.75 Å². The van der Waals surface area contributed by atoms with Crippen molar-refractivity contribution in [2.75, 3.05) is 25.5 Å². The van der Waals surface area contributed by atoms with E-state index < -0.39 is 5.82 Å². The molecule has 8 heteroatoms. The van der Waals surface area contributed by atoms with E-state index in [2.05, 4.69) is 20.2 Å². The second-order valence-electron chi connectivity index (χ2n) is 7.16. The van der Waals surface area contributed by atoms with Crippen LogP contribution in [0.15, 0.2) is 18.2 Å². The van der Waals surface area contributed by atoms with Gasteiger partial charge < -0.3 is 19.9 Å².